The molecule has 0 radical (unpaired) electrons. The maximum Gasteiger partial charge on any atom is 0.277 e. The van der Waals surface area contributed by atoms with Crippen molar-refractivity contribution in [1.82, 2.24) is 24.8 Å². The number of aromatic nitrogens is 4. The average molecular weight is 526 g/mol. The number of hydrogen-bond acceptors (Lipinski definition) is 6. The van der Waals surface area contributed by atoms with Gasteiger partial charge in [0.1, 0.15) is 18.7 Å². The Bertz CT molecular complexity index is 1160. The van der Waals surface area contributed by atoms with Gasteiger partial charge in [-0.2, -0.15) is 4.98 Å². The van der Waals surface area contributed by atoms with Gasteiger partial charge >= 0.3 is 0 Å². The van der Waals surface area contributed by atoms with Crippen LogP contribution in [0, 0.1) is 5.82 Å². The van der Waals surface area contributed by atoms with Crippen LogP contribution < -0.4 is 10.9 Å². The highest BCUT2D eigenvalue weighted by molar-refractivity contribution is 7.98. The van der Waals surface area contributed by atoms with Crippen molar-refractivity contribution in [2.45, 2.75) is 82.2 Å². The molecule has 0 saturated carbocycles. The maximum absolute atomic E-state index is 13.2. The van der Waals surface area contributed by atoms with Crippen LogP contribution in [0.25, 0.3) is 0 Å². The van der Waals surface area contributed by atoms with Crippen LogP contribution in [-0.2, 0) is 23.5 Å². The number of nitrogens with one attached hydrogen (secondary N) is 1. The molecule has 2 heterocycles. The lowest BCUT2D eigenvalue weighted by Crippen LogP contribution is -2.30. The van der Waals surface area contributed by atoms with Crippen molar-refractivity contribution in [1.29, 1.82) is 0 Å². The van der Waals surface area contributed by atoms with Gasteiger partial charge in [0.15, 0.2) is 5.16 Å². The number of benzene rings is 1. The predicted molar refractivity (Wildman–Crippen MR) is 145 cm³/mol. The molecule has 1 aromatic carbocycles. The first-order chi connectivity index (χ1) is 18.0. The van der Waals surface area contributed by atoms with Crippen LogP contribution in [0.1, 0.15) is 75.0 Å². The fourth-order valence-corrected chi connectivity index (χ4v) is 4.86. The summed E-state index contributed by atoms with van der Waals surface area (Å²) in [6, 6.07) is 6.20. The Balaban J connectivity index is 1.60. The lowest BCUT2D eigenvalue weighted by atomic mass is 10.1. The van der Waals surface area contributed by atoms with E-state index in [9.17, 15) is 14.0 Å². The largest absolute Gasteiger partial charge is 0.355 e. The molecule has 3 aromatic rings. The third-order valence-corrected chi connectivity index (χ3v) is 7.05. The van der Waals surface area contributed by atoms with Crippen molar-refractivity contribution in [3.63, 3.8) is 0 Å². The van der Waals surface area contributed by atoms with E-state index in [4.69, 9.17) is 0 Å². The van der Waals surface area contributed by atoms with E-state index in [2.05, 4.69) is 27.2 Å². The van der Waals surface area contributed by atoms with Crippen LogP contribution in [0.5, 0.6) is 0 Å². The molecule has 0 aliphatic rings. The van der Waals surface area contributed by atoms with Gasteiger partial charge < -0.3 is 9.88 Å². The van der Waals surface area contributed by atoms with Crippen LogP contribution in [0.3, 0.4) is 0 Å². The highest BCUT2D eigenvalue weighted by Crippen LogP contribution is 2.21. The number of nitrogens with zero attached hydrogens (tertiary/aromatic N) is 4. The minimum atomic E-state index is -0.346. The van der Waals surface area contributed by atoms with Gasteiger partial charge in [-0.1, -0.05) is 75.8 Å². The first-order valence-corrected chi connectivity index (χ1v) is 14.0. The van der Waals surface area contributed by atoms with E-state index in [0.29, 0.717) is 29.4 Å². The molecule has 0 unspecified atom stereocenters. The van der Waals surface area contributed by atoms with Gasteiger partial charge in [-0.25, -0.2) is 14.4 Å². The quantitative estimate of drug-likeness (QED) is 0.155. The Morgan fingerprint density at radius 3 is 2.35 bits per heavy atom. The zero-order valence-electron chi connectivity index (χ0n) is 21.5. The van der Waals surface area contributed by atoms with E-state index in [-0.39, 0.29) is 23.8 Å². The molecule has 1 amide bonds. The summed E-state index contributed by atoms with van der Waals surface area (Å²) in [4.78, 5) is 37.8. The highest BCUT2D eigenvalue weighted by atomic mass is 32.2. The second-order valence-corrected chi connectivity index (χ2v) is 10.1. The molecule has 37 heavy (non-hydrogen) atoms. The van der Waals surface area contributed by atoms with E-state index in [0.717, 1.165) is 24.0 Å². The summed E-state index contributed by atoms with van der Waals surface area (Å²) in [7, 11) is 0. The van der Waals surface area contributed by atoms with E-state index < -0.39 is 0 Å². The lowest BCUT2D eigenvalue weighted by molar-refractivity contribution is -0.121. The molecule has 0 aliphatic carbocycles. The maximum atomic E-state index is 13.2. The monoisotopic (exact) mass is 525 g/mol. The van der Waals surface area contributed by atoms with Gasteiger partial charge in [-0.05, 0) is 29.7 Å². The van der Waals surface area contributed by atoms with E-state index >= 15 is 0 Å². The highest BCUT2D eigenvalue weighted by Gasteiger charge is 2.13. The molecule has 0 aliphatic heterocycles. The van der Waals surface area contributed by atoms with Crippen LogP contribution in [0.15, 0.2) is 59.1 Å². The average Bonchev–Trinajstić information content (AvgIpc) is 2.90. The summed E-state index contributed by atoms with van der Waals surface area (Å²) in [6.07, 6.45) is 16.4. The standard InChI is InChI=1S/C28H36FN5O2S/c1-2-3-4-5-6-7-8-9-14-32-26(35)19-34-18-24(15-23-16-30-21-31-17-23)27(36)33-28(34)37-20-22-10-12-25(29)13-11-22/h10-13,16-18,21H,2-9,14-15,19-20H2,1H3,(H,32,35). The van der Waals surface area contributed by atoms with E-state index in [1.807, 2.05) is 0 Å². The molecule has 7 nitrogen and oxygen atoms in total. The zero-order chi connectivity index (χ0) is 26.3. The fraction of sp³-hybridized carbons (Fsp3) is 0.464. The van der Waals surface area contributed by atoms with E-state index in [1.54, 1.807) is 35.3 Å². The molecular weight excluding hydrogens is 489 g/mol. The minimum Gasteiger partial charge on any atom is -0.355 e. The van der Waals surface area contributed by atoms with E-state index in [1.165, 1.54) is 68.7 Å². The summed E-state index contributed by atoms with van der Waals surface area (Å²) in [5.74, 6) is 0.0792. The molecular formula is C28H36FN5O2S. The summed E-state index contributed by atoms with van der Waals surface area (Å²) in [5, 5.41) is 3.45. The van der Waals surface area contributed by atoms with Gasteiger partial charge in [-0.3, -0.25) is 9.59 Å². The molecule has 198 valence electrons. The van der Waals surface area contributed by atoms with Gasteiger partial charge in [0.05, 0.1) is 0 Å². The third-order valence-electron chi connectivity index (χ3n) is 5.99. The Morgan fingerprint density at radius 2 is 1.65 bits per heavy atom. The van der Waals surface area contributed by atoms with Gasteiger partial charge in [-0.15, -0.1) is 0 Å². The molecule has 2 aromatic heterocycles. The summed E-state index contributed by atoms with van der Waals surface area (Å²) < 4.78 is 15.0. The predicted octanol–water partition coefficient (Wildman–Crippen LogP) is 5.31. The first-order valence-electron chi connectivity index (χ1n) is 13.0. The number of rotatable bonds is 16. The Kier molecular flexibility index (Phi) is 12.3. The second kappa shape index (κ2) is 15.9. The SMILES string of the molecule is CCCCCCCCCCNC(=O)Cn1cc(Cc2cncnc2)c(=O)nc1SCc1ccc(F)cc1. The smallest absolute Gasteiger partial charge is 0.277 e. The number of thioether (sulfide) groups is 1. The number of carbonyl (C=O) groups is 1. The van der Waals surface area contributed by atoms with Gasteiger partial charge in [0, 0.05) is 42.9 Å². The molecule has 9 heteroatoms. The van der Waals surface area contributed by atoms with Crippen LogP contribution in [-0.4, -0.2) is 32.0 Å². The molecule has 0 atom stereocenters. The summed E-state index contributed by atoms with van der Waals surface area (Å²) in [6.45, 7) is 2.92. The van der Waals surface area contributed by atoms with Gasteiger partial charge in [0.2, 0.25) is 5.91 Å². The van der Waals surface area contributed by atoms with Crippen molar-refractivity contribution in [2.75, 3.05) is 6.54 Å². The van der Waals surface area contributed by atoms with Crippen molar-refractivity contribution in [2.24, 2.45) is 0 Å². The zero-order valence-corrected chi connectivity index (χ0v) is 22.3. The van der Waals surface area contributed by atoms with Crippen LogP contribution >= 0.6 is 11.8 Å². The minimum absolute atomic E-state index is 0.0638. The number of hydrogen-bond donors (Lipinski definition) is 1. The molecule has 1 N–H and O–H groups in total. The topological polar surface area (TPSA) is 89.8 Å². The fourth-order valence-electron chi connectivity index (χ4n) is 3.94. The van der Waals surface area contributed by atoms with Crippen LogP contribution in [0.2, 0.25) is 0 Å². The lowest BCUT2D eigenvalue weighted by Gasteiger charge is -2.14. The number of unbranched alkanes of at least 4 members (excludes halogenated alkanes) is 7. The molecule has 3 rings (SSSR count). The Hall–Kier alpha value is -3.07. The molecule has 0 spiro atoms. The number of amides is 1. The second-order valence-electron chi connectivity index (χ2n) is 9.15. The molecule has 0 saturated heterocycles. The van der Waals surface area contributed by atoms with Crippen molar-refractivity contribution in [3.8, 4) is 0 Å². The van der Waals surface area contributed by atoms with Crippen molar-refractivity contribution in [3.05, 3.63) is 82.0 Å². The number of carbonyl (C=O) groups excluding carboxylic acids is 1. The Labute approximate surface area is 222 Å². The van der Waals surface area contributed by atoms with Crippen molar-refractivity contribution < 1.29 is 9.18 Å². The summed E-state index contributed by atoms with van der Waals surface area (Å²) in [5.41, 5.74) is 1.81. The first kappa shape index (κ1) is 28.5. The number of halogens is 1. The normalized spacial score (nSPS) is 11.0. The summed E-state index contributed by atoms with van der Waals surface area (Å²) >= 11 is 1.34. The van der Waals surface area contributed by atoms with Crippen LogP contribution in [0.4, 0.5) is 4.39 Å². The third kappa shape index (κ3) is 10.4. The van der Waals surface area contributed by atoms with Crippen molar-refractivity contribution >= 4 is 17.7 Å². The Morgan fingerprint density at radius 1 is 0.973 bits per heavy atom. The van der Waals surface area contributed by atoms with Gasteiger partial charge in [0.25, 0.3) is 5.56 Å². The molecule has 0 fully saturated rings. The molecule has 0 bridgehead atoms.